The molecule has 0 aliphatic heterocycles. The van der Waals surface area contributed by atoms with Crippen LogP contribution in [-0.2, 0) is 17.2 Å². The van der Waals surface area contributed by atoms with E-state index in [9.17, 15) is 0 Å². The summed E-state index contributed by atoms with van der Waals surface area (Å²) in [6, 6.07) is 0. The van der Waals surface area contributed by atoms with E-state index in [0.717, 1.165) is 11.9 Å². The lowest BCUT2D eigenvalue weighted by molar-refractivity contribution is 0.294. The van der Waals surface area contributed by atoms with E-state index in [1.165, 1.54) is 0 Å². The van der Waals surface area contributed by atoms with Crippen LogP contribution in [0.1, 0.15) is 5.69 Å². The quantitative estimate of drug-likeness (QED) is 0.761. The van der Waals surface area contributed by atoms with Gasteiger partial charge < -0.3 is 4.43 Å². The average molecular weight is 257 g/mol. The second kappa shape index (κ2) is 4.81. The van der Waals surface area contributed by atoms with Crippen LogP contribution < -0.4 is 0 Å². The Morgan fingerprint density at radius 1 is 1.19 bits per heavy atom. The van der Waals surface area contributed by atoms with Crippen molar-refractivity contribution in [2.75, 3.05) is 0 Å². The summed E-state index contributed by atoms with van der Waals surface area (Å²) < 4.78 is 7.75. The first-order valence-corrected chi connectivity index (χ1v) is 12.8. The molecule has 1 aromatic rings. The molecule has 0 saturated heterocycles. The topological polar surface area (TPSA) is 39.9 Å². The van der Waals surface area contributed by atoms with Crippen molar-refractivity contribution in [3.05, 3.63) is 11.9 Å². The van der Waals surface area contributed by atoms with Crippen LogP contribution in [0.3, 0.4) is 0 Å². The van der Waals surface area contributed by atoms with Crippen LogP contribution in [0.4, 0.5) is 0 Å². The summed E-state index contributed by atoms with van der Waals surface area (Å²) in [5, 5.41) is 8.27. The van der Waals surface area contributed by atoms with Gasteiger partial charge >= 0.3 is 0 Å². The van der Waals surface area contributed by atoms with Gasteiger partial charge in [-0.3, -0.25) is 4.68 Å². The Morgan fingerprint density at radius 2 is 1.81 bits per heavy atom. The maximum Gasteiger partial charge on any atom is 0.184 e. The molecule has 0 unspecified atom stereocenters. The van der Waals surface area contributed by atoms with Crippen LogP contribution in [0.25, 0.3) is 0 Å². The van der Waals surface area contributed by atoms with Crippen LogP contribution in [0.15, 0.2) is 6.20 Å². The standard InChI is InChI=1S/C10H23N3OSi2/c1-15(2,3)9-13-7-10(11-12-13)8-14-16(4,5)6/h7H,8-9H2,1-6H3. The summed E-state index contributed by atoms with van der Waals surface area (Å²) in [4.78, 5) is 0. The normalized spacial score (nSPS) is 13.1. The van der Waals surface area contributed by atoms with Gasteiger partial charge in [0.25, 0.3) is 0 Å². The third-order valence-electron chi connectivity index (χ3n) is 1.88. The summed E-state index contributed by atoms with van der Waals surface area (Å²) in [6.45, 7) is 14.1. The fraction of sp³-hybridized carbons (Fsp3) is 0.800. The van der Waals surface area contributed by atoms with Gasteiger partial charge in [-0.05, 0) is 19.6 Å². The minimum absolute atomic E-state index is 0.599. The summed E-state index contributed by atoms with van der Waals surface area (Å²) in [6.07, 6.45) is 3.03. The molecule has 1 aromatic heterocycles. The van der Waals surface area contributed by atoms with Crippen molar-refractivity contribution >= 4 is 16.4 Å². The highest BCUT2D eigenvalue weighted by Gasteiger charge is 2.17. The van der Waals surface area contributed by atoms with Gasteiger partial charge in [0, 0.05) is 6.17 Å². The molecule has 6 heteroatoms. The molecular formula is C10H23N3OSi2. The molecule has 0 atom stereocenters. The predicted octanol–water partition coefficient (Wildman–Crippen LogP) is 2.51. The molecule has 0 N–H and O–H groups in total. The molecule has 0 saturated carbocycles. The largest absolute Gasteiger partial charge is 0.412 e. The lowest BCUT2D eigenvalue weighted by atomic mass is 10.5. The average Bonchev–Trinajstić information content (AvgIpc) is 2.44. The van der Waals surface area contributed by atoms with Gasteiger partial charge in [0.2, 0.25) is 0 Å². The lowest BCUT2D eigenvalue weighted by Gasteiger charge is -2.16. The minimum Gasteiger partial charge on any atom is -0.412 e. The Morgan fingerprint density at radius 3 is 2.31 bits per heavy atom. The number of rotatable bonds is 5. The Kier molecular flexibility index (Phi) is 4.09. The molecule has 1 heterocycles. The van der Waals surface area contributed by atoms with Gasteiger partial charge in [0.1, 0.15) is 5.69 Å². The van der Waals surface area contributed by atoms with Crippen LogP contribution >= 0.6 is 0 Å². The van der Waals surface area contributed by atoms with E-state index in [4.69, 9.17) is 4.43 Å². The Hall–Kier alpha value is -0.466. The molecular weight excluding hydrogens is 234 g/mol. The lowest BCUT2D eigenvalue weighted by Crippen LogP contribution is -2.28. The van der Waals surface area contributed by atoms with Gasteiger partial charge in [-0.1, -0.05) is 24.9 Å². The predicted molar refractivity (Wildman–Crippen MR) is 71.5 cm³/mol. The van der Waals surface area contributed by atoms with Crippen molar-refractivity contribution in [2.45, 2.75) is 52.1 Å². The summed E-state index contributed by atoms with van der Waals surface area (Å²) in [5.74, 6) is 0. The van der Waals surface area contributed by atoms with E-state index in [-0.39, 0.29) is 0 Å². The van der Waals surface area contributed by atoms with Crippen LogP contribution in [0.2, 0.25) is 39.3 Å². The maximum atomic E-state index is 5.79. The molecule has 16 heavy (non-hydrogen) atoms. The van der Waals surface area contributed by atoms with Crippen LogP contribution in [-0.4, -0.2) is 31.4 Å². The van der Waals surface area contributed by atoms with E-state index >= 15 is 0 Å². The monoisotopic (exact) mass is 257 g/mol. The van der Waals surface area contributed by atoms with Gasteiger partial charge in [0.05, 0.1) is 20.9 Å². The number of hydrogen-bond donors (Lipinski definition) is 0. The van der Waals surface area contributed by atoms with Crippen molar-refractivity contribution < 1.29 is 4.43 Å². The first-order chi connectivity index (χ1) is 7.16. The van der Waals surface area contributed by atoms with Gasteiger partial charge in [-0.2, -0.15) is 0 Å². The number of hydrogen-bond acceptors (Lipinski definition) is 3. The van der Waals surface area contributed by atoms with Crippen LogP contribution in [0.5, 0.6) is 0 Å². The van der Waals surface area contributed by atoms with Crippen molar-refractivity contribution in [3.63, 3.8) is 0 Å². The van der Waals surface area contributed by atoms with E-state index in [1.54, 1.807) is 0 Å². The third-order valence-corrected chi connectivity index (χ3v) is 4.16. The van der Waals surface area contributed by atoms with Crippen molar-refractivity contribution in [1.29, 1.82) is 0 Å². The zero-order chi connectivity index (χ0) is 12.4. The van der Waals surface area contributed by atoms with Crippen molar-refractivity contribution in [1.82, 2.24) is 15.0 Å². The molecule has 0 aromatic carbocycles. The van der Waals surface area contributed by atoms with Crippen LogP contribution in [0, 0.1) is 0 Å². The van der Waals surface area contributed by atoms with E-state index in [2.05, 4.69) is 49.6 Å². The summed E-state index contributed by atoms with van der Waals surface area (Å²) in [5.41, 5.74) is 0.945. The molecule has 0 spiro atoms. The zero-order valence-corrected chi connectivity index (χ0v) is 13.2. The van der Waals surface area contributed by atoms with Gasteiger partial charge in [-0.15, -0.1) is 5.10 Å². The van der Waals surface area contributed by atoms with Gasteiger partial charge in [0.15, 0.2) is 8.32 Å². The Balaban J connectivity index is 2.52. The molecule has 0 fully saturated rings. The van der Waals surface area contributed by atoms with Crippen molar-refractivity contribution in [2.24, 2.45) is 0 Å². The van der Waals surface area contributed by atoms with Gasteiger partial charge in [-0.25, -0.2) is 0 Å². The van der Waals surface area contributed by atoms with E-state index < -0.39 is 16.4 Å². The third kappa shape index (κ3) is 5.57. The Bertz CT molecular complexity index is 339. The molecule has 0 aliphatic rings. The molecule has 4 nitrogen and oxygen atoms in total. The molecule has 0 bridgehead atoms. The summed E-state index contributed by atoms with van der Waals surface area (Å²) in [7, 11) is -2.56. The second-order valence-electron chi connectivity index (χ2n) is 6.37. The molecule has 92 valence electrons. The number of nitrogens with zero attached hydrogens (tertiary/aromatic N) is 3. The minimum atomic E-state index is -1.45. The fourth-order valence-electron chi connectivity index (χ4n) is 1.26. The zero-order valence-electron chi connectivity index (χ0n) is 11.2. The molecule has 0 radical (unpaired) electrons. The summed E-state index contributed by atoms with van der Waals surface area (Å²) >= 11 is 0. The van der Waals surface area contributed by atoms with E-state index in [1.807, 2.05) is 10.9 Å². The molecule has 0 aliphatic carbocycles. The SMILES string of the molecule is C[Si](C)(C)Cn1cc(CO[Si](C)(C)C)nn1. The smallest absolute Gasteiger partial charge is 0.184 e. The fourth-order valence-corrected chi connectivity index (χ4v) is 2.97. The maximum absolute atomic E-state index is 5.79. The highest BCUT2D eigenvalue weighted by Crippen LogP contribution is 2.08. The highest BCUT2D eigenvalue weighted by atomic mass is 28.4. The first-order valence-electron chi connectivity index (χ1n) is 5.69. The van der Waals surface area contributed by atoms with Crippen molar-refractivity contribution in [3.8, 4) is 0 Å². The first kappa shape index (κ1) is 13.6. The number of aromatic nitrogens is 3. The van der Waals surface area contributed by atoms with E-state index in [0.29, 0.717) is 6.61 Å². The molecule has 1 rings (SSSR count). The molecule has 0 amide bonds. The Labute approximate surface area is 100 Å². The second-order valence-corrected chi connectivity index (χ2v) is 16.3. The highest BCUT2D eigenvalue weighted by molar-refractivity contribution is 6.74.